The molecule has 1 heterocycles. The Morgan fingerprint density at radius 3 is 2.35 bits per heavy atom. The zero-order valence-electron chi connectivity index (χ0n) is 13.5. The summed E-state index contributed by atoms with van der Waals surface area (Å²) >= 11 is 0. The van der Waals surface area contributed by atoms with Crippen molar-refractivity contribution in [1.82, 2.24) is 4.98 Å². The molecule has 0 radical (unpaired) electrons. The molecule has 1 aromatic carbocycles. The third-order valence-corrected chi connectivity index (χ3v) is 3.40. The van der Waals surface area contributed by atoms with Gasteiger partial charge in [0.25, 0.3) is 0 Å². The number of hydrogen-bond donors (Lipinski definition) is 0. The summed E-state index contributed by atoms with van der Waals surface area (Å²) in [6, 6.07) is 11.0. The van der Waals surface area contributed by atoms with E-state index in [0.29, 0.717) is 23.2 Å². The molecule has 0 unspecified atom stereocenters. The second-order valence-corrected chi connectivity index (χ2v) is 4.81. The van der Waals surface area contributed by atoms with E-state index >= 15 is 0 Å². The number of carbonyl (C=O) groups excluding carboxylic acids is 2. The molecule has 120 valence electrons. The zero-order chi connectivity index (χ0) is 16.8. The number of carbonyl (C=O) groups is 2. The first-order valence-corrected chi connectivity index (χ1v) is 7.47. The van der Waals surface area contributed by atoms with E-state index in [4.69, 9.17) is 9.47 Å². The van der Waals surface area contributed by atoms with Crippen molar-refractivity contribution in [2.45, 2.75) is 20.3 Å². The summed E-state index contributed by atoms with van der Waals surface area (Å²) in [6.45, 7) is 3.87. The fourth-order valence-corrected chi connectivity index (χ4v) is 2.30. The summed E-state index contributed by atoms with van der Waals surface area (Å²) in [7, 11) is 1.32. The Labute approximate surface area is 135 Å². The molecule has 0 amide bonds. The third kappa shape index (κ3) is 3.56. The van der Waals surface area contributed by atoms with Crippen molar-refractivity contribution >= 4 is 11.9 Å². The largest absolute Gasteiger partial charge is 0.465 e. The van der Waals surface area contributed by atoms with Crippen LogP contribution in [0.5, 0.6) is 0 Å². The molecule has 5 heteroatoms. The number of hydrogen-bond acceptors (Lipinski definition) is 5. The van der Waals surface area contributed by atoms with Crippen molar-refractivity contribution in [3.8, 4) is 11.1 Å². The zero-order valence-corrected chi connectivity index (χ0v) is 13.5. The quantitative estimate of drug-likeness (QED) is 0.793. The molecular formula is C18H19NO4. The Hall–Kier alpha value is -2.69. The number of pyridine rings is 1. The van der Waals surface area contributed by atoms with Gasteiger partial charge in [-0.3, -0.25) is 0 Å². The summed E-state index contributed by atoms with van der Waals surface area (Å²) in [5.74, 6) is -0.973. The summed E-state index contributed by atoms with van der Waals surface area (Å²) in [6.07, 6.45) is 0.506. The van der Waals surface area contributed by atoms with Gasteiger partial charge in [0.05, 0.1) is 25.0 Å². The van der Waals surface area contributed by atoms with Gasteiger partial charge in [0.2, 0.25) is 0 Å². The van der Waals surface area contributed by atoms with Crippen molar-refractivity contribution in [3.05, 3.63) is 53.3 Å². The monoisotopic (exact) mass is 313 g/mol. The number of nitrogens with zero attached hydrogens (tertiary/aromatic N) is 1. The lowest BCUT2D eigenvalue weighted by Crippen LogP contribution is -2.15. The highest BCUT2D eigenvalue weighted by Crippen LogP contribution is 2.26. The number of ether oxygens (including phenoxy) is 2. The topological polar surface area (TPSA) is 65.5 Å². The highest BCUT2D eigenvalue weighted by Gasteiger charge is 2.22. The molecule has 5 nitrogen and oxygen atoms in total. The number of rotatable bonds is 5. The van der Waals surface area contributed by atoms with E-state index in [1.54, 1.807) is 13.0 Å². The van der Waals surface area contributed by atoms with Gasteiger partial charge >= 0.3 is 11.9 Å². The van der Waals surface area contributed by atoms with Gasteiger partial charge in [-0.05, 0) is 25.0 Å². The van der Waals surface area contributed by atoms with Crippen molar-refractivity contribution in [1.29, 1.82) is 0 Å². The van der Waals surface area contributed by atoms with Crippen LogP contribution in [0.15, 0.2) is 36.4 Å². The van der Waals surface area contributed by atoms with Gasteiger partial charge in [0, 0.05) is 5.56 Å². The molecule has 0 aliphatic rings. The van der Waals surface area contributed by atoms with Gasteiger partial charge in [0.1, 0.15) is 0 Å². The second kappa shape index (κ2) is 7.54. The number of methoxy groups -OCH3 is 1. The van der Waals surface area contributed by atoms with Crippen LogP contribution in [-0.4, -0.2) is 30.6 Å². The molecular weight excluding hydrogens is 294 g/mol. The van der Waals surface area contributed by atoms with E-state index in [0.717, 1.165) is 5.56 Å². The maximum atomic E-state index is 12.3. The van der Waals surface area contributed by atoms with Gasteiger partial charge < -0.3 is 9.47 Å². The van der Waals surface area contributed by atoms with Crippen LogP contribution in [0.25, 0.3) is 11.1 Å². The van der Waals surface area contributed by atoms with Gasteiger partial charge in [-0.1, -0.05) is 37.3 Å². The van der Waals surface area contributed by atoms with Crippen molar-refractivity contribution < 1.29 is 19.1 Å². The molecule has 0 saturated heterocycles. The second-order valence-electron chi connectivity index (χ2n) is 4.81. The molecule has 1 aromatic heterocycles. The van der Waals surface area contributed by atoms with Crippen LogP contribution in [0.4, 0.5) is 0 Å². The van der Waals surface area contributed by atoms with Crippen LogP contribution in [0.3, 0.4) is 0 Å². The maximum Gasteiger partial charge on any atom is 0.357 e. The molecule has 0 fully saturated rings. The van der Waals surface area contributed by atoms with E-state index < -0.39 is 11.9 Å². The first-order valence-electron chi connectivity index (χ1n) is 7.47. The van der Waals surface area contributed by atoms with Crippen LogP contribution < -0.4 is 0 Å². The Bertz CT molecular complexity index is 710. The number of esters is 2. The maximum absolute atomic E-state index is 12.3. The first-order chi connectivity index (χ1) is 11.1. The third-order valence-electron chi connectivity index (χ3n) is 3.40. The normalized spacial score (nSPS) is 10.2. The van der Waals surface area contributed by atoms with E-state index in [2.05, 4.69) is 4.98 Å². The molecule has 0 bridgehead atoms. The van der Waals surface area contributed by atoms with E-state index in [1.807, 2.05) is 37.3 Å². The summed E-state index contributed by atoms with van der Waals surface area (Å²) in [4.78, 5) is 28.6. The summed E-state index contributed by atoms with van der Waals surface area (Å²) in [5.41, 5.74) is 2.43. The molecule has 23 heavy (non-hydrogen) atoms. The molecule has 0 N–H and O–H groups in total. The smallest absolute Gasteiger partial charge is 0.357 e. The van der Waals surface area contributed by atoms with Crippen molar-refractivity contribution in [3.63, 3.8) is 0 Å². The van der Waals surface area contributed by atoms with Gasteiger partial charge in [0.15, 0.2) is 5.69 Å². The minimum absolute atomic E-state index is 0.211. The average molecular weight is 313 g/mol. The van der Waals surface area contributed by atoms with Crippen LogP contribution in [0, 0.1) is 0 Å². The predicted molar refractivity (Wildman–Crippen MR) is 86.3 cm³/mol. The van der Waals surface area contributed by atoms with Crippen LogP contribution in [-0.2, 0) is 15.9 Å². The highest BCUT2D eigenvalue weighted by molar-refractivity contribution is 5.99. The fourth-order valence-electron chi connectivity index (χ4n) is 2.30. The minimum atomic E-state index is -0.502. The van der Waals surface area contributed by atoms with Crippen molar-refractivity contribution in [2.75, 3.05) is 13.7 Å². The number of aromatic nitrogens is 1. The van der Waals surface area contributed by atoms with Crippen molar-refractivity contribution in [2.24, 2.45) is 0 Å². The molecule has 0 atom stereocenters. The lowest BCUT2D eigenvalue weighted by molar-refractivity contribution is 0.0517. The molecule has 0 spiro atoms. The minimum Gasteiger partial charge on any atom is -0.465 e. The SMILES string of the molecule is CCOC(=O)c1nc(CC)c(C(=O)OC)cc1-c1ccccc1. The van der Waals surface area contributed by atoms with Crippen LogP contribution in [0.2, 0.25) is 0 Å². The van der Waals surface area contributed by atoms with Gasteiger partial charge in [-0.2, -0.15) is 0 Å². The standard InChI is InChI=1S/C18H19NO4/c1-4-15-14(17(20)22-3)11-13(12-9-7-6-8-10-12)16(19-15)18(21)23-5-2/h6-11H,4-5H2,1-3H3. The Balaban J connectivity index is 2.69. The highest BCUT2D eigenvalue weighted by atomic mass is 16.5. The predicted octanol–water partition coefficient (Wildman–Crippen LogP) is 3.27. The Morgan fingerprint density at radius 2 is 1.78 bits per heavy atom. The molecule has 0 aliphatic carbocycles. The molecule has 2 rings (SSSR count). The number of aryl methyl sites for hydroxylation is 1. The first kappa shape index (κ1) is 16.7. The molecule has 2 aromatic rings. The van der Waals surface area contributed by atoms with E-state index in [-0.39, 0.29) is 12.3 Å². The average Bonchev–Trinajstić information content (AvgIpc) is 2.60. The van der Waals surface area contributed by atoms with Gasteiger partial charge in [-0.25, -0.2) is 14.6 Å². The lowest BCUT2D eigenvalue weighted by atomic mass is 9.99. The summed E-state index contributed by atoms with van der Waals surface area (Å²) < 4.78 is 9.92. The molecule has 0 aliphatic heterocycles. The van der Waals surface area contributed by atoms with E-state index in [1.165, 1.54) is 7.11 Å². The van der Waals surface area contributed by atoms with Gasteiger partial charge in [-0.15, -0.1) is 0 Å². The fraction of sp³-hybridized carbons (Fsp3) is 0.278. The van der Waals surface area contributed by atoms with Crippen LogP contribution in [0.1, 0.15) is 40.4 Å². The number of benzene rings is 1. The summed E-state index contributed by atoms with van der Waals surface area (Å²) in [5, 5.41) is 0. The van der Waals surface area contributed by atoms with Crippen LogP contribution >= 0.6 is 0 Å². The molecule has 0 saturated carbocycles. The van der Waals surface area contributed by atoms with E-state index in [9.17, 15) is 9.59 Å². The Morgan fingerprint density at radius 1 is 1.09 bits per heavy atom. The Kier molecular flexibility index (Phi) is 5.46. The lowest BCUT2D eigenvalue weighted by Gasteiger charge is -2.13.